The van der Waals surface area contributed by atoms with Gasteiger partial charge in [0.05, 0.1) is 13.2 Å². The molecular weight excluding hydrogens is 509 g/mol. The first-order valence-corrected chi connectivity index (χ1v) is 9.90. The third-order valence-corrected chi connectivity index (χ3v) is 3.77. The van der Waals surface area contributed by atoms with E-state index in [9.17, 15) is 4.79 Å². The normalized spacial score (nSPS) is 11.2. The van der Waals surface area contributed by atoms with Gasteiger partial charge in [-0.3, -0.25) is 9.79 Å². The quantitative estimate of drug-likeness (QED) is 0.269. The zero-order valence-corrected chi connectivity index (χ0v) is 21.0. The van der Waals surface area contributed by atoms with E-state index in [2.05, 4.69) is 25.9 Å². The number of aromatic nitrogens is 1. The second-order valence-electron chi connectivity index (χ2n) is 7.59. The number of aliphatic imine (C=N–C) groups is 1. The molecule has 0 aliphatic rings. The number of benzene rings is 1. The molecular formula is C22H32IN5O3. The zero-order chi connectivity index (χ0) is 22.0. The molecule has 9 heteroatoms. The van der Waals surface area contributed by atoms with Crippen molar-refractivity contribution in [2.45, 2.75) is 39.8 Å². The van der Waals surface area contributed by atoms with Gasteiger partial charge in [-0.2, -0.15) is 0 Å². The Morgan fingerprint density at radius 3 is 2.39 bits per heavy atom. The highest BCUT2D eigenvalue weighted by Gasteiger charge is 2.13. The fourth-order valence-corrected chi connectivity index (χ4v) is 2.54. The fraction of sp³-hybridized carbons (Fsp3) is 0.409. The molecule has 2 aromatic rings. The van der Waals surface area contributed by atoms with E-state index in [1.54, 1.807) is 13.2 Å². The summed E-state index contributed by atoms with van der Waals surface area (Å²) in [5, 5.41) is 9.07. The topological polar surface area (TPSA) is 96.9 Å². The van der Waals surface area contributed by atoms with E-state index in [0.717, 1.165) is 11.3 Å². The molecule has 2 rings (SSSR count). The van der Waals surface area contributed by atoms with Crippen molar-refractivity contribution < 1.29 is 14.3 Å². The Balaban J connectivity index is 0.00000480. The van der Waals surface area contributed by atoms with E-state index in [1.807, 2.05) is 64.1 Å². The predicted molar refractivity (Wildman–Crippen MR) is 133 cm³/mol. The van der Waals surface area contributed by atoms with E-state index in [4.69, 9.17) is 9.47 Å². The maximum Gasteiger partial charge on any atom is 0.239 e. The molecule has 0 spiro atoms. The van der Waals surface area contributed by atoms with Gasteiger partial charge in [0.2, 0.25) is 11.8 Å². The summed E-state index contributed by atoms with van der Waals surface area (Å²) in [4.78, 5) is 20.3. The summed E-state index contributed by atoms with van der Waals surface area (Å²) in [6, 6.07) is 11.1. The molecule has 0 aliphatic heterocycles. The smallest absolute Gasteiger partial charge is 0.239 e. The van der Waals surface area contributed by atoms with E-state index < -0.39 is 0 Å². The van der Waals surface area contributed by atoms with Crippen LogP contribution < -0.4 is 25.4 Å². The average molecular weight is 541 g/mol. The molecule has 8 nitrogen and oxygen atoms in total. The van der Waals surface area contributed by atoms with Gasteiger partial charge in [-0.05, 0) is 63.6 Å². The summed E-state index contributed by atoms with van der Waals surface area (Å²) in [5.74, 6) is 2.40. The Morgan fingerprint density at radius 1 is 1.10 bits per heavy atom. The minimum Gasteiger partial charge on any atom is -0.494 e. The average Bonchev–Trinajstić information content (AvgIpc) is 2.69. The van der Waals surface area contributed by atoms with Crippen molar-refractivity contribution in [3.63, 3.8) is 0 Å². The monoisotopic (exact) mass is 541 g/mol. The number of pyridine rings is 1. The van der Waals surface area contributed by atoms with Crippen molar-refractivity contribution >= 4 is 35.8 Å². The van der Waals surface area contributed by atoms with Gasteiger partial charge >= 0.3 is 0 Å². The van der Waals surface area contributed by atoms with Crippen LogP contribution in [0.4, 0.5) is 0 Å². The number of hydrogen-bond donors (Lipinski definition) is 3. The number of rotatable bonds is 8. The number of amides is 1. The number of carbonyl (C=O) groups is 1. The van der Waals surface area contributed by atoms with Gasteiger partial charge in [0.15, 0.2) is 5.96 Å². The summed E-state index contributed by atoms with van der Waals surface area (Å²) in [6.45, 7) is 9.02. The molecule has 3 N–H and O–H groups in total. The van der Waals surface area contributed by atoms with Crippen molar-refractivity contribution in [2.24, 2.45) is 4.99 Å². The molecule has 0 atom stereocenters. The standard InChI is InChI=1S/C22H31N5O3.HI/c1-6-29-17-7-9-18(10-8-17)30-20-13-16(11-12-24-20)14-25-21(23-5)26-15-19(28)27-22(2,3)4;/h7-13H,6,14-15H2,1-5H3,(H,27,28)(H2,23,25,26);1H. The molecule has 0 fully saturated rings. The summed E-state index contributed by atoms with van der Waals surface area (Å²) in [7, 11) is 1.66. The van der Waals surface area contributed by atoms with Gasteiger partial charge < -0.3 is 25.4 Å². The van der Waals surface area contributed by atoms with Gasteiger partial charge in [0.1, 0.15) is 11.5 Å². The second-order valence-corrected chi connectivity index (χ2v) is 7.59. The molecule has 1 amide bonds. The van der Waals surface area contributed by atoms with Crippen LogP contribution in [-0.2, 0) is 11.3 Å². The number of guanidine groups is 1. The predicted octanol–water partition coefficient (Wildman–Crippen LogP) is 3.47. The number of nitrogens with one attached hydrogen (secondary N) is 3. The van der Waals surface area contributed by atoms with Crippen molar-refractivity contribution in [1.82, 2.24) is 20.9 Å². The van der Waals surface area contributed by atoms with Gasteiger partial charge in [-0.1, -0.05) is 0 Å². The zero-order valence-electron chi connectivity index (χ0n) is 18.7. The Kier molecular flexibility index (Phi) is 11.1. The summed E-state index contributed by atoms with van der Waals surface area (Å²) < 4.78 is 11.2. The first kappa shape index (κ1) is 26.5. The van der Waals surface area contributed by atoms with Crippen LogP contribution in [0, 0.1) is 0 Å². The number of ether oxygens (including phenoxy) is 2. The first-order chi connectivity index (χ1) is 14.3. The highest BCUT2D eigenvalue weighted by Crippen LogP contribution is 2.23. The molecule has 0 saturated carbocycles. The minimum absolute atomic E-state index is 0. The molecule has 0 unspecified atom stereocenters. The van der Waals surface area contributed by atoms with Crippen molar-refractivity contribution in [3.8, 4) is 17.4 Å². The van der Waals surface area contributed by atoms with Crippen LogP contribution in [-0.4, -0.2) is 42.6 Å². The molecule has 31 heavy (non-hydrogen) atoms. The Hall–Kier alpha value is -2.56. The van der Waals surface area contributed by atoms with E-state index >= 15 is 0 Å². The van der Waals surface area contributed by atoms with Crippen LogP contribution in [0.2, 0.25) is 0 Å². The molecule has 0 saturated heterocycles. The van der Waals surface area contributed by atoms with Crippen LogP contribution >= 0.6 is 24.0 Å². The Morgan fingerprint density at radius 2 is 1.77 bits per heavy atom. The van der Waals surface area contributed by atoms with Crippen LogP contribution in [0.15, 0.2) is 47.6 Å². The lowest BCUT2D eigenvalue weighted by molar-refractivity contribution is -0.121. The number of halogens is 1. The van der Waals surface area contributed by atoms with E-state index in [1.165, 1.54) is 0 Å². The van der Waals surface area contributed by atoms with Crippen LogP contribution in [0.5, 0.6) is 17.4 Å². The highest BCUT2D eigenvalue weighted by atomic mass is 127. The van der Waals surface area contributed by atoms with Crippen LogP contribution in [0.3, 0.4) is 0 Å². The van der Waals surface area contributed by atoms with Gasteiger partial charge in [0, 0.05) is 31.4 Å². The Labute approximate surface area is 201 Å². The maximum absolute atomic E-state index is 11.9. The molecule has 0 radical (unpaired) electrons. The summed E-state index contributed by atoms with van der Waals surface area (Å²) in [6.07, 6.45) is 1.69. The summed E-state index contributed by atoms with van der Waals surface area (Å²) in [5.41, 5.74) is 0.694. The van der Waals surface area contributed by atoms with Crippen molar-refractivity contribution in [1.29, 1.82) is 0 Å². The van der Waals surface area contributed by atoms with E-state index in [-0.39, 0.29) is 42.0 Å². The van der Waals surface area contributed by atoms with Gasteiger partial charge in [0.25, 0.3) is 0 Å². The molecule has 170 valence electrons. The van der Waals surface area contributed by atoms with E-state index in [0.29, 0.717) is 30.7 Å². The van der Waals surface area contributed by atoms with Crippen molar-refractivity contribution in [2.75, 3.05) is 20.2 Å². The van der Waals surface area contributed by atoms with Gasteiger partial charge in [-0.25, -0.2) is 4.98 Å². The lowest BCUT2D eigenvalue weighted by Crippen LogP contribution is -2.48. The SMILES string of the molecule is CCOc1ccc(Oc2cc(CNC(=NC)NCC(=O)NC(C)(C)C)ccn2)cc1.I. The van der Waals surface area contributed by atoms with Gasteiger partial charge in [-0.15, -0.1) is 24.0 Å². The molecule has 1 aromatic carbocycles. The lowest BCUT2D eigenvalue weighted by atomic mass is 10.1. The third kappa shape index (κ3) is 10.3. The Bertz CT molecular complexity index is 851. The third-order valence-electron chi connectivity index (χ3n) is 3.77. The van der Waals surface area contributed by atoms with Crippen molar-refractivity contribution in [3.05, 3.63) is 48.2 Å². The first-order valence-electron chi connectivity index (χ1n) is 9.90. The van der Waals surface area contributed by atoms with Crippen LogP contribution in [0.25, 0.3) is 0 Å². The lowest BCUT2D eigenvalue weighted by Gasteiger charge is -2.21. The fourth-order valence-electron chi connectivity index (χ4n) is 2.54. The maximum atomic E-state index is 11.9. The molecule has 1 heterocycles. The number of nitrogens with zero attached hydrogens (tertiary/aromatic N) is 2. The molecule has 1 aromatic heterocycles. The largest absolute Gasteiger partial charge is 0.494 e. The number of hydrogen-bond acceptors (Lipinski definition) is 5. The highest BCUT2D eigenvalue weighted by molar-refractivity contribution is 14.0. The molecule has 0 bridgehead atoms. The summed E-state index contributed by atoms with van der Waals surface area (Å²) >= 11 is 0. The van der Waals surface area contributed by atoms with Crippen LogP contribution in [0.1, 0.15) is 33.3 Å². The second kappa shape index (κ2) is 13.0. The number of carbonyl (C=O) groups excluding carboxylic acids is 1. The molecule has 0 aliphatic carbocycles. The minimum atomic E-state index is -0.271.